The van der Waals surface area contributed by atoms with Crippen molar-refractivity contribution in [3.8, 4) is 0 Å². The van der Waals surface area contributed by atoms with Crippen LogP contribution in [-0.2, 0) is 14.3 Å². The number of ether oxygens (including phenoxy) is 1. The molecule has 3 heteroatoms. The number of hydrogen-bond acceptors (Lipinski definition) is 3. The minimum absolute atomic E-state index is 0.0788. The Hall–Kier alpha value is -0.700. The first-order valence-corrected chi connectivity index (χ1v) is 4.17. The van der Waals surface area contributed by atoms with Gasteiger partial charge in [-0.3, -0.25) is 4.79 Å². The minimum Gasteiger partial charge on any atom is -0.385 e. The van der Waals surface area contributed by atoms with Crippen molar-refractivity contribution >= 4 is 11.6 Å². The molecule has 0 atom stereocenters. The van der Waals surface area contributed by atoms with E-state index < -0.39 is 0 Å². The molecule has 0 saturated carbocycles. The van der Waals surface area contributed by atoms with Crippen molar-refractivity contribution in [1.82, 2.24) is 0 Å². The second kappa shape index (κ2) is 6.98. The van der Waals surface area contributed by atoms with Crippen LogP contribution in [0.1, 0.15) is 32.6 Å². The molecule has 0 rings (SSSR count). The molecule has 70 valence electrons. The molecule has 0 aromatic carbocycles. The average molecular weight is 172 g/mol. The van der Waals surface area contributed by atoms with Gasteiger partial charge in [0.1, 0.15) is 11.6 Å². The topological polar surface area (TPSA) is 43.4 Å². The summed E-state index contributed by atoms with van der Waals surface area (Å²) in [6.45, 7) is 2.12. The molecular formula is C9H16O3. The average Bonchev–Trinajstić information content (AvgIpc) is 2.01. The standard InChI is InChI=1S/C9H16O3/c1-8(10)5-6-9(11)4-3-7-12-2/h3-7H2,1-2H3. The molecule has 0 heterocycles. The fraction of sp³-hybridized carbons (Fsp3) is 0.778. The van der Waals surface area contributed by atoms with Gasteiger partial charge in [-0.25, -0.2) is 0 Å². The van der Waals surface area contributed by atoms with Crippen LogP contribution in [0, 0.1) is 0 Å². The third kappa shape index (κ3) is 7.41. The summed E-state index contributed by atoms with van der Waals surface area (Å²) in [4.78, 5) is 21.5. The van der Waals surface area contributed by atoms with Gasteiger partial charge < -0.3 is 9.53 Å². The summed E-state index contributed by atoms with van der Waals surface area (Å²) < 4.78 is 4.80. The monoisotopic (exact) mass is 172 g/mol. The largest absolute Gasteiger partial charge is 0.385 e. The van der Waals surface area contributed by atoms with Crippen molar-refractivity contribution in [2.45, 2.75) is 32.6 Å². The first-order chi connectivity index (χ1) is 5.66. The highest BCUT2D eigenvalue weighted by Gasteiger charge is 2.02. The molecule has 0 amide bonds. The molecule has 0 aliphatic carbocycles. The van der Waals surface area contributed by atoms with Crippen molar-refractivity contribution < 1.29 is 14.3 Å². The zero-order valence-corrected chi connectivity index (χ0v) is 7.76. The molecule has 0 N–H and O–H groups in total. The second-order valence-electron chi connectivity index (χ2n) is 2.84. The Morgan fingerprint density at radius 3 is 2.33 bits per heavy atom. The van der Waals surface area contributed by atoms with Crippen LogP contribution >= 0.6 is 0 Å². The van der Waals surface area contributed by atoms with E-state index in [4.69, 9.17) is 4.74 Å². The molecular weight excluding hydrogens is 156 g/mol. The molecule has 0 aliphatic rings. The Morgan fingerprint density at radius 2 is 1.83 bits per heavy atom. The van der Waals surface area contributed by atoms with Gasteiger partial charge in [0.15, 0.2) is 0 Å². The number of Topliss-reactive ketones (excluding diaryl/α,β-unsaturated/α-hetero) is 2. The molecule has 12 heavy (non-hydrogen) atoms. The van der Waals surface area contributed by atoms with Crippen LogP contribution in [0.3, 0.4) is 0 Å². The first-order valence-electron chi connectivity index (χ1n) is 4.17. The molecule has 0 aliphatic heterocycles. The van der Waals surface area contributed by atoms with Gasteiger partial charge in [-0.2, -0.15) is 0 Å². The number of methoxy groups -OCH3 is 1. The molecule has 0 fully saturated rings. The molecule has 0 aromatic heterocycles. The predicted molar refractivity (Wildman–Crippen MR) is 46.0 cm³/mol. The number of ketones is 2. The maximum absolute atomic E-state index is 11.0. The molecule has 3 nitrogen and oxygen atoms in total. The highest BCUT2D eigenvalue weighted by molar-refractivity contribution is 5.84. The van der Waals surface area contributed by atoms with E-state index in [1.54, 1.807) is 7.11 Å². The molecule has 0 bridgehead atoms. The zero-order valence-electron chi connectivity index (χ0n) is 7.76. The summed E-state index contributed by atoms with van der Waals surface area (Å²) in [5.74, 6) is 0.234. The van der Waals surface area contributed by atoms with E-state index in [0.29, 0.717) is 25.9 Å². The Kier molecular flexibility index (Phi) is 6.57. The minimum atomic E-state index is 0.0788. The maximum Gasteiger partial charge on any atom is 0.133 e. The van der Waals surface area contributed by atoms with Gasteiger partial charge in [0.2, 0.25) is 0 Å². The second-order valence-corrected chi connectivity index (χ2v) is 2.84. The third-order valence-electron chi connectivity index (χ3n) is 1.56. The number of carbonyl (C=O) groups is 2. The van der Waals surface area contributed by atoms with Crippen LogP contribution in [0.15, 0.2) is 0 Å². The molecule has 0 unspecified atom stereocenters. The van der Waals surface area contributed by atoms with E-state index in [9.17, 15) is 9.59 Å². The number of rotatable bonds is 7. The molecule has 0 aromatic rings. The van der Waals surface area contributed by atoms with Gasteiger partial charge in [-0.1, -0.05) is 0 Å². The summed E-state index contributed by atoms with van der Waals surface area (Å²) >= 11 is 0. The van der Waals surface area contributed by atoms with Crippen LogP contribution in [0.5, 0.6) is 0 Å². The van der Waals surface area contributed by atoms with Crippen molar-refractivity contribution in [2.24, 2.45) is 0 Å². The van der Waals surface area contributed by atoms with Crippen LogP contribution in [-0.4, -0.2) is 25.3 Å². The van der Waals surface area contributed by atoms with Crippen LogP contribution in [0.4, 0.5) is 0 Å². The fourth-order valence-electron chi connectivity index (χ4n) is 0.854. The van der Waals surface area contributed by atoms with Gasteiger partial charge in [0.25, 0.3) is 0 Å². The van der Waals surface area contributed by atoms with Crippen molar-refractivity contribution in [3.63, 3.8) is 0 Å². The summed E-state index contributed by atoms with van der Waals surface area (Å²) in [6, 6.07) is 0. The lowest BCUT2D eigenvalue weighted by atomic mass is 10.1. The van der Waals surface area contributed by atoms with E-state index >= 15 is 0 Å². The Morgan fingerprint density at radius 1 is 1.17 bits per heavy atom. The van der Waals surface area contributed by atoms with Gasteiger partial charge >= 0.3 is 0 Å². The van der Waals surface area contributed by atoms with E-state index in [2.05, 4.69) is 0 Å². The lowest BCUT2D eigenvalue weighted by Gasteiger charge is -1.98. The van der Waals surface area contributed by atoms with E-state index in [-0.39, 0.29) is 11.6 Å². The Balaban J connectivity index is 3.28. The summed E-state index contributed by atoms with van der Waals surface area (Å²) in [5, 5.41) is 0. The van der Waals surface area contributed by atoms with Gasteiger partial charge in [-0.05, 0) is 13.3 Å². The van der Waals surface area contributed by atoms with E-state index in [1.807, 2.05) is 0 Å². The number of carbonyl (C=O) groups excluding carboxylic acids is 2. The fourth-order valence-corrected chi connectivity index (χ4v) is 0.854. The summed E-state index contributed by atoms with van der Waals surface area (Å²) in [7, 11) is 1.61. The SMILES string of the molecule is COCCCC(=O)CCC(C)=O. The summed E-state index contributed by atoms with van der Waals surface area (Å²) in [5.41, 5.74) is 0. The van der Waals surface area contributed by atoms with Gasteiger partial charge in [-0.15, -0.1) is 0 Å². The Bertz CT molecular complexity index is 152. The van der Waals surface area contributed by atoms with Crippen LogP contribution in [0.25, 0.3) is 0 Å². The molecule has 0 radical (unpaired) electrons. The maximum atomic E-state index is 11.0. The van der Waals surface area contributed by atoms with Crippen LogP contribution in [0.2, 0.25) is 0 Å². The highest BCUT2D eigenvalue weighted by Crippen LogP contribution is 1.99. The van der Waals surface area contributed by atoms with Gasteiger partial charge in [0.05, 0.1) is 0 Å². The van der Waals surface area contributed by atoms with Crippen molar-refractivity contribution in [1.29, 1.82) is 0 Å². The van der Waals surface area contributed by atoms with Crippen molar-refractivity contribution in [3.05, 3.63) is 0 Å². The van der Waals surface area contributed by atoms with Crippen molar-refractivity contribution in [2.75, 3.05) is 13.7 Å². The predicted octanol–water partition coefficient (Wildman–Crippen LogP) is 1.35. The highest BCUT2D eigenvalue weighted by atomic mass is 16.5. The smallest absolute Gasteiger partial charge is 0.133 e. The van der Waals surface area contributed by atoms with E-state index in [0.717, 1.165) is 6.42 Å². The Labute approximate surface area is 73.1 Å². The quantitative estimate of drug-likeness (QED) is 0.544. The normalized spacial score (nSPS) is 9.83. The summed E-state index contributed by atoms with van der Waals surface area (Å²) in [6.07, 6.45) is 2.05. The first kappa shape index (κ1) is 11.3. The van der Waals surface area contributed by atoms with E-state index in [1.165, 1.54) is 6.92 Å². The number of hydrogen-bond donors (Lipinski definition) is 0. The lowest BCUT2D eigenvalue weighted by Crippen LogP contribution is -2.02. The molecule has 0 saturated heterocycles. The van der Waals surface area contributed by atoms with Crippen LogP contribution < -0.4 is 0 Å². The lowest BCUT2D eigenvalue weighted by molar-refractivity contribution is -0.123. The van der Waals surface area contributed by atoms with Gasteiger partial charge in [0, 0.05) is 33.0 Å². The zero-order chi connectivity index (χ0) is 9.40. The third-order valence-corrected chi connectivity index (χ3v) is 1.56. The molecule has 0 spiro atoms.